The summed E-state index contributed by atoms with van der Waals surface area (Å²) in [7, 11) is 1.84. The maximum atomic E-state index is 12.2. The van der Waals surface area contributed by atoms with Crippen LogP contribution in [0.1, 0.15) is 42.5 Å². The van der Waals surface area contributed by atoms with Crippen molar-refractivity contribution in [1.29, 1.82) is 0 Å². The summed E-state index contributed by atoms with van der Waals surface area (Å²) >= 11 is 3.36. The van der Waals surface area contributed by atoms with Crippen molar-refractivity contribution in [2.75, 3.05) is 5.32 Å². The number of nitrogens with zero attached hydrogens (tertiary/aromatic N) is 3. The highest BCUT2D eigenvalue weighted by Crippen LogP contribution is 2.18. The van der Waals surface area contributed by atoms with E-state index in [9.17, 15) is 4.79 Å². The smallest absolute Gasteiger partial charge is 0.273 e. The van der Waals surface area contributed by atoms with Crippen molar-refractivity contribution >= 4 is 27.7 Å². The van der Waals surface area contributed by atoms with E-state index in [0.29, 0.717) is 17.6 Å². The monoisotopic (exact) mass is 338 g/mol. The van der Waals surface area contributed by atoms with Gasteiger partial charge in [0.25, 0.3) is 5.91 Å². The third-order valence-corrected chi connectivity index (χ3v) is 3.81. The first-order valence-corrected chi connectivity index (χ1v) is 7.41. The van der Waals surface area contributed by atoms with Crippen LogP contribution in [0.5, 0.6) is 0 Å². The first kappa shape index (κ1) is 14.8. The minimum atomic E-state index is -0.160. The van der Waals surface area contributed by atoms with Gasteiger partial charge in [0.1, 0.15) is 5.69 Å². The van der Waals surface area contributed by atoms with Crippen LogP contribution < -0.4 is 5.32 Å². The largest absolute Gasteiger partial charge is 0.345 e. The molecular formula is C14H19BrN4O. The topological polar surface area (TPSA) is 51.9 Å². The Kier molecular flexibility index (Phi) is 4.32. The zero-order chi connectivity index (χ0) is 14.9. The maximum Gasteiger partial charge on any atom is 0.273 e. The number of amides is 1. The predicted octanol–water partition coefficient (Wildman–Crippen LogP) is 3.52. The molecule has 6 heteroatoms. The number of aryl methyl sites for hydroxylation is 2. The van der Waals surface area contributed by atoms with E-state index in [-0.39, 0.29) is 5.91 Å². The summed E-state index contributed by atoms with van der Waals surface area (Å²) < 4.78 is 4.60. The molecule has 2 aromatic heterocycles. The Bertz CT molecular complexity index is 629. The van der Waals surface area contributed by atoms with E-state index in [1.807, 2.05) is 30.9 Å². The molecule has 0 aliphatic heterocycles. The summed E-state index contributed by atoms with van der Waals surface area (Å²) in [5.74, 6) is 0.428. The molecule has 0 aromatic carbocycles. The Morgan fingerprint density at radius 2 is 2.20 bits per heavy atom. The van der Waals surface area contributed by atoms with Crippen LogP contribution in [0.15, 0.2) is 22.8 Å². The first-order valence-electron chi connectivity index (χ1n) is 6.61. The number of carbonyl (C=O) groups excluding carboxylic acids is 1. The highest BCUT2D eigenvalue weighted by molar-refractivity contribution is 9.10. The molecule has 20 heavy (non-hydrogen) atoms. The molecule has 0 aliphatic rings. The number of carbonyl (C=O) groups is 1. The fourth-order valence-corrected chi connectivity index (χ4v) is 2.62. The second kappa shape index (κ2) is 5.83. The molecule has 2 rings (SSSR count). The maximum absolute atomic E-state index is 12.2. The molecule has 0 aliphatic carbocycles. The van der Waals surface area contributed by atoms with E-state index in [4.69, 9.17) is 0 Å². The standard InChI is InChI=1S/C14H19BrN4O/c1-5-9(2)19-10(3)6-13(17-19)16-14(20)12-7-11(15)8-18(12)4/h6-9H,5H2,1-4H3,(H,16,17,20). The van der Waals surface area contributed by atoms with Crippen molar-refractivity contribution < 1.29 is 4.79 Å². The minimum Gasteiger partial charge on any atom is -0.345 e. The normalized spacial score (nSPS) is 12.4. The molecule has 0 saturated heterocycles. The van der Waals surface area contributed by atoms with Gasteiger partial charge < -0.3 is 9.88 Å². The van der Waals surface area contributed by atoms with Gasteiger partial charge in [-0.25, -0.2) is 0 Å². The lowest BCUT2D eigenvalue weighted by Crippen LogP contribution is -2.16. The number of aromatic nitrogens is 3. The van der Waals surface area contributed by atoms with Crippen LogP contribution in [-0.2, 0) is 7.05 Å². The second-order valence-corrected chi connectivity index (χ2v) is 5.90. The van der Waals surface area contributed by atoms with Crippen LogP contribution in [0.3, 0.4) is 0 Å². The minimum absolute atomic E-state index is 0.160. The fraction of sp³-hybridized carbons (Fsp3) is 0.429. The summed E-state index contributed by atoms with van der Waals surface area (Å²) in [5.41, 5.74) is 1.63. The summed E-state index contributed by atoms with van der Waals surface area (Å²) in [5, 5.41) is 7.29. The summed E-state index contributed by atoms with van der Waals surface area (Å²) in [6, 6.07) is 4.00. The Labute approximate surface area is 127 Å². The number of halogens is 1. The predicted molar refractivity (Wildman–Crippen MR) is 83.0 cm³/mol. The van der Waals surface area contributed by atoms with Gasteiger partial charge in [-0.2, -0.15) is 5.10 Å². The highest BCUT2D eigenvalue weighted by atomic mass is 79.9. The SMILES string of the molecule is CCC(C)n1nc(NC(=O)c2cc(Br)cn2C)cc1C. The van der Waals surface area contributed by atoms with Crippen molar-refractivity contribution in [2.45, 2.75) is 33.2 Å². The molecule has 0 bridgehead atoms. The fourth-order valence-electron chi connectivity index (χ4n) is 2.10. The zero-order valence-electron chi connectivity index (χ0n) is 12.1. The van der Waals surface area contributed by atoms with Crippen LogP contribution in [0.25, 0.3) is 0 Å². The molecule has 0 radical (unpaired) electrons. The molecule has 1 N–H and O–H groups in total. The number of hydrogen-bond donors (Lipinski definition) is 1. The molecule has 0 saturated carbocycles. The molecule has 0 fully saturated rings. The van der Waals surface area contributed by atoms with Crippen molar-refractivity contribution in [2.24, 2.45) is 7.05 Å². The van der Waals surface area contributed by atoms with Crippen molar-refractivity contribution in [3.05, 3.63) is 34.2 Å². The van der Waals surface area contributed by atoms with Gasteiger partial charge in [-0.3, -0.25) is 9.48 Å². The number of nitrogens with one attached hydrogen (secondary N) is 1. The van der Waals surface area contributed by atoms with Gasteiger partial charge in [-0.15, -0.1) is 0 Å². The van der Waals surface area contributed by atoms with E-state index in [1.165, 1.54) is 0 Å². The molecular weight excluding hydrogens is 320 g/mol. The second-order valence-electron chi connectivity index (χ2n) is 4.98. The number of hydrogen-bond acceptors (Lipinski definition) is 2. The first-order chi connectivity index (χ1) is 9.42. The van der Waals surface area contributed by atoms with Gasteiger partial charge in [0, 0.05) is 35.5 Å². The third-order valence-electron chi connectivity index (χ3n) is 3.38. The molecule has 1 unspecified atom stereocenters. The van der Waals surface area contributed by atoms with Crippen molar-refractivity contribution in [1.82, 2.24) is 14.3 Å². The molecule has 2 heterocycles. The van der Waals surface area contributed by atoms with E-state index >= 15 is 0 Å². The Hall–Kier alpha value is -1.56. The molecule has 2 aromatic rings. The summed E-state index contributed by atoms with van der Waals surface area (Å²) in [6.07, 6.45) is 2.85. The van der Waals surface area contributed by atoms with Gasteiger partial charge in [0.05, 0.1) is 0 Å². The van der Waals surface area contributed by atoms with Gasteiger partial charge in [0.15, 0.2) is 5.82 Å². The Morgan fingerprint density at radius 1 is 1.50 bits per heavy atom. The molecule has 0 spiro atoms. The lowest BCUT2D eigenvalue weighted by Gasteiger charge is -2.10. The molecule has 108 valence electrons. The van der Waals surface area contributed by atoms with E-state index in [0.717, 1.165) is 16.6 Å². The average molecular weight is 339 g/mol. The van der Waals surface area contributed by atoms with Crippen molar-refractivity contribution in [3.8, 4) is 0 Å². The molecule has 1 atom stereocenters. The summed E-state index contributed by atoms with van der Waals surface area (Å²) in [6.45, 7) is 6.22. The van der Waals surface area contributed by atoms with Crippen LogP contribution in [0.2, 0.25) is 0 Å². The Balaban J connectivity index is 2.18. The van der Waals surface area contributed by atoms with Gasteiger partial charge >= 0.3 is 0 Å². The lowest BCUT2D eigenvalue weighted by molar-refractivity contribution is 0.101. The Morgan fingerprint density at radius 3 is 2.75 bits per heavy atom. The van der Waals surface area contributed by atoms with E-state index in [2.05, 4.69) is 40.2 Å². The van der Waals surface area contributed by atoms with E-state index in [1.54, 1.807) is 10.6 Å². The lowest BCUT2D eigenvalue weighted by atomic mass is 10.2. The number of anilines is 1. The van der Waals surface area contributed by atoms with Crippen molar-refractivity contribution in [3.63, 3.8) is 0 Å². The molecule has 5 nitrogen and oxygen atoms in total. The average Bonchev–Trinajstić information content (AvgIpc) is 2.91. The molecule has 1 amide bonds. The highest BCUT2D eigenvalue weighted by Gasteiger charge is 2.15. The van der Waals surface area contributed by atoms with Gasteiger partial charge in [-0.1, -0.05) is 6.92 Å². The van der Waals surface area contributed by atoms with Crippen LogP contribution in [0.4, 0.5) is 5.82 Å². The van der Waals surface area contributed by atoms with Crippen LogP contribution in [-0.4, -0.2) is 20.3 Å². The number of rotatable bonds is 4. The van der Waals surface area contributed by atoms with E-state index < -0.39 is 0 Å². The third kappa shape index (κ3) is 2.95. The van der Waals surface area contributed by atoms with Gasteiger partial charge in [0.2, 0.25) is 0 Å². The van der Waals surface area contributed by atoms with Crippen LogP contribution in [0, 0.1) is 6.92 Å². The quantitative estimate of drug-likeness (QED) is 0.927. The zero-order valence-corrected chi connectivity index (χ0v) is 13.7. The summed E-state index contributed by atoms with van der Waals surface area (Å²) in [4.78, 5) is 12.2. The van der Waals surface area contributed by atoms with Gasteiger partial charge in [-0.05, 0) is 42.3 Å². The van der Waals surface area contributed by atoms with Crippen LogP contribution >= 0.6 is 15.9 Å².